The van der Waals surface area contributed by atoms with E-state index < -0.39 is 0 Å². The third-order valence-corrected chi connectivity index (χ3v) is 4.39. The SMILES string of the molecule is COCc1ccc(C(=O)N[C@@H](CC(C)C)c2nnc3n2CCNCC3)o1. The minimum absolute atomic E-state index is 0.210. The van der Waals surface area contributed by atoms with Crippen LogP contribution in [0.15, 0.2) is 16.5 Å². The fourth-order valence-corrected chi connectivity index (χ4v) is 3.20. The van der Waals surface area contributed by atoms with Crippen LogP contribution in [0.4, 0.5) is 0 Å². The molecule has 26 heavy (non-hydrogen) atoms. The van der Waals surface area contributed by atoms with Gasteiger partial charge < -0.3 is 24.4 Å². The Morgan fingerprint density at radius 3 is 3.00 bits per heavy atom. The van der Waals surface area contributed by atoms with Crippen LogP contribution in [0.5, 0.6) is 0 Å². The Morgan fingerprint density at radius 1 is 1.38 bits per heavy atom. The van der Waals surface area contributed by atoms with Gasteiger partial charge in [-0.3, -0.25) is 4.79 Å². The Morgan fingerprint density at radius 2 is 2.23 bits per heavy atom. The molecule has 2 N–H and O–H groups in total. The molecule has 0 aliphatic carbocycles. The van der Waals surface area contributed by atoms with Gasteiger partial charge in [0.2, 0.25) is 0 Å². The molecule has 1 aliphatic rings. The van der Waals surface area contributed by atoms with E-state index in [1.807, 2.05) is 0 Å². The number of carbonyl (C=O) groups is 1. The molecular weight excluding hydrogens is 334 g/mol. The van der Waals surface area contributed by atoms with Crippen LogP contribution in [0.3, 0.4) is 0 Å². The van der Waals surface area contributed by atoms with Gasteiger partial charge in [0.05, 0.1) is 6.04 Å². The molecule has 142 valence electrons. The summed E-state index contributed by atoms with van der Waals surface area (Å²) in [5.41, 5.74) is 0. The van der Waals surface area contributed by atoms with Crippen LogP contribution in [-0.2, 0) is 24.3 Å². The molecule has 1 aliphatic heterocycles. The highest BCUT2D eigenvalue weighted by Crippen LogP contribution is 2.22. The summed E-state index contributed by atoms with van der Waals surface area (Å²) in [6, 6.07) is 3.22. The molecule has 8 nitrogen and oxygen atoms in total. The highest BCUT2D eigenvalue weighted by molar-refractivity contribution is 5.91. The molecule has 0 saturated heterocycles. The average Bonchev–Trinajstić information content (AvgIpc) is 3.16. The van der Waals surface area contributed by atoms with E-state index in [0.717, 1.165) is 44.1 Å². The van der Waals surface area contributed by atoms with Crippen LogP contribution in [0, 0.1) is 5.92 Å². The first-order valence-electron chi connectivity index (χ1n) is 9.09. The lowest BCUT2D eigenvalue weighted by Crippen LogP contribution is -2.32. The fraction of sp³-hybridized carbons (Fsp3) is 0.611. The predicted octanol–water partition coefficient (Wildman–Crippen LogP) is 1.68. The monoisotopic (exact) mass is 361 g/mol. The zero-order valence-corrected chi connectivity index (χ0v) is 15.6. The fourth-order valence-electron chi connectivity index (χ4n) is 3.20. The van der Waals surface area contributed by atoms with Gasteiger partial charge in [0, 0.05) is 33.2 Å². The molecule has 1 amide bonds. The van der Waals surface area contributed by atoms with E-state index in [1.165, 1.54) is 0 Å². The molecule has 0 aromatic carbocycles. The van der Waals surface area contributed by atoms with E-state index in [9.17, 15) is 4.79 Å². The van der Waals surface area contributed by atoms with Gasteiger partial charge in [-0.05, 0) is 24.5 Å². The summed E-state index contributed by atoms with van der Waals surface area (Å²) >= 11 is 0. The van der Waals surface area contributed by atoms with Crippen molar-refractivity contribution in [3.05, 3.63) is 35.3 Å². The van der Waals surface area contributed by atoms with Crippen molar-refractivity contribution in [2.24, 2.45) is 5.92 Å². The molecule has 0 spiro atoms. The van der Waals surface area contributed by atoms with Crippen LogP contribution < -0.4 is 10.6 Å². The van der Waals surface area contributed by atoms with E-state index in [0.29, 0.717) is 18.3 Å². The zero-order valence-electron chi connectivity index (χ0n) is 15.6. The topological polar surface area (TPSA) is 94.2 Å². The summed E-state index contributed by atoms with van der Waals surface area (Å²) in [4.78, 5) is 12.7. The van der Waals surface area contributed by atoms with Gasteiger partial charge in [0.1, 0.15) is 18.2 Å². The third-order valence-electron chi connectivity index (χ3n) is 4.39. The molecule has 8 heteroatoms. The Kier molecular flexibility index (Phi) is 6.05. The van der Waals surface area contributed by atoms with E-state index in [1.54, 1.807) is 19.2 Å². The second-order valence-corrected chi connectivity index (χ2v) is 6.98. The normalized spacial score (nSPS) is 15.5. The number of methoxy groups -OCH3 is 1. The number of rotatable bonds is 7. The lowest BCUT2D eigenvalue weighted by atomic mass is 10.0. The number of nitrogens with zero attached hydrogens (tertiary/aromatic N) is 3. The van der Waals surface area contributed by atoms with Crippen molar-refractivity contribution in [3.63, 3.8) is 0 Å². The molecule has 3 heterocycles. The smallest absolute Gasteiger partial charge is 0.287 e. The molecule has 2 aromatic rings. The van der Waals surface area contributed by atoms with Gasteiger partial charge in [-0.1, -0.05) is 13.8 Å². The highest BCUT2D eigenvalue weighted by atomic mass is 16.5. The van der Waals surface area contributed by atoms with Crippen molar-refractivity contribution in [3.8, 4) is 0 Å². The Labute approximate surface area is 153 Å². The molecular formula is C18H27N5O3. The molecule has 0 unspecified atom stereocenters. The predicted molar refractivity (Wildman–Crippen MR) is 95.7 cm³/mol. The summed E-state index contributed by atoms with van der Waals surface area (Å²) in [7, 11) is 1.59. The van der Waals surface area contributed by atoms with Crippen molar-refractivity contribution >= 4 is 5.91 Å². The number of hydrogen-bond donors (Lipinski definition) is 2. The largest absolute Gasteiger partial charge is 0.453 e. The summed E-state index contributed by atoms with van der Waals surface area (Å²) in [5, 5.41) is 15.2. The first kappa shape index (κ1) is 18.6. The van der Waals surface area contributed by atoms with Crippen molar-refractivity contribution in [2.45, 2.75) is 45.9 Å². The zero-order chi connectivity index (χ0) is 18.5. The highest BCUT2D eigenvalue weighted by Gasteiger charge is 2.26. The van der Waals surface area contributed by atoms with Crippen LogP contribution in [0.2, 0.25) is 0 Å². The minimum atomic E-state index is -0.248. The number of ether oxygens (including phenoxy) is 1. The summed E-state index contributed by atoms with van der Waals surface area (Å²) in [6.07, 6.45) is 1.62. The standard InChI is InChI=1S/C18H27N5O3/c1-12(2)10-14(17-22-21-16-6-7-19-8-9-23(16)17)20-18(24)15-5-4-13(26-15)11-25-3/h4-5,12,14,19H,6-11H2,1-3H3,(H,20,24)/t14-/m0/s1. The van der Waals surface area contributed by atoms with Crippen molar-refractivity contribution in [1.29, 1.82) is 0 Å². The number of fused-ring (bicyclic) bond motifs is 1. The third kappa shape index (κ3) is 4.31. The maximum atomic E-state index is 12.7. The maximum absolute atomic E-state index is 12.7. The van der Waals surface area contributed by atoms with Gasteiger partial charge in [0.15, 0.2) is 11.6 Å². The minimum Gasteiger partial charge on any atom is -0.453 e. The van der Waals surface area contributed by atoms with E-state index in [2.05, 4.69) is 39.2 Å². The maximum Gasteiger partial charge on any atom is 0.287 e. The number of furan rings is 1. The Hall–Kier alpha value is -2.19. The van der Waals surface area contributed by atoms with Crippen LogP contribution in [-0.4, -0.2) is 40.9 Å². The molecule has 1 atom stereocenters. The van der Waals surface area contributed by atoms with Crippen LogP contribution in [0.1, 0.15) is 54.3 Å². The van der Waals surface area contributed by atoms with Crippen molar-refractivity contribution in [1.82, 2.24) is 25.4 Å². The number of aromatic nitrogens is 3. The van der Waals surface area contributed by atoms with Gasteiger partial charge in [-0.15, -0.1) is 10.2 Å². The molecule has 0 bridgehead atoms. The van der Waals surface area contributed by atoms with Gasteiger partial charge >= 0.3 is 0 Å². The van der Waals surface area contributed by atoms with E-state index >= 15 is 0 Å². The van der Waals surface area contributed by atoms with Gasteiger partial charge in [-0.2, -0.15) is 0 Å². The van der Waals surface area contributed by atoms with Gasteiger partial charge in [-0.25, -0.2) is 0 Å². The Balaban J connectivity index is 1.80. The molecule has 0 fully saturated rings. The first-order chi connectivity index (χ1) is 12.6. The quantitative estimate of drug-likeness (QED) is 0.779. The lowest BCUT2D eigenvalue weighted by molar-refractivity contribution is 0.0892. The van der Waals surface area contributed by atoms with Crippen molar-refractivity contribution in [2.75, 3.05) is 20.2 Å². The summed E-state index contributed by atoms with van der Waals surface area (Å²) < 4.78 is 12.7. The molecule has 0 saturated carbocycles. The first-order valence-corrected chi connectivity index (χ1v) is 9.09. The molecule has 2 aromatic heterocycles. The van der Waals surface area contributed by atoms with E-state index in [-0.39, 0.29) is 17.7 Å². The van der Waals surface area contributed by atoms with Crippen molar-refractivity contribution < 1.29 is 13.9 Å². The second kappa shape index (κ2) is 8.46. The number of hydrogen-bond acceptors (Lipinski definition) is 6. The second-order valence-electron chi connectivity index (χ2n) is 6.98. The molecule has 3 rings (SSSR count). The van der Waals surface area contributed by atoms with Gasteiger partial charge in [0.25, 0.3) is 5.91 Å². The number of carbonyl (C=O) groups excluding carboxylic acids is 1. The van der Waals surface area contributed by atoms with Crippen LogP contribution in [0.25, 0.3) is 0 Å². The van der Waals surface area contributed by atoms with E-state index in [4.69, 9.17) is 9.15 Å². The summed E-state index contributed by atoms with van der Waals surface area (Å²) in [5.74, 6) is 2.84. The Bertz CT molecular complexity index is 737. The number of amides is 1. The summed E-state index contributed by atoms with van der Waals surface area (Å²) in [6.45, 7) is 7.18. The van der Waals surface area contributed by atoms with Crippen LogP contribution >= 0.6 is 0 Å². The lowest BCUT2D eigenvalue weighted by Gasteiger charge is -2.20. The number of nitrogens with one attached hydrogen (secondary N) is 2. The molecule has 0 radical (unpaired) electrons. The average molecular weight is 361 g/mol.